The summed E-state index contributed by atoms with van der Waals surface area (Å²) in [6.07, 6.45) is 1.55. The van der Waals surface area contributed by atoms with Crippen molar-refractivity contribution in [1.29, 1.82) is 0 Å². The van der Waals surface area contributed by atoms with E-state index in [9.17, 15) is 9.59 Å². The molecule has 20 heavy (non-hydrogen) atoms. The van der Waals surface area contributed by atoms with Gasteiger partial charge in [-0.15, -0.1) is 0 Å². The van der Waals surface area contributed by atoms with E-state index in [4.69, 9.17) is 5.73 Å². The van der Waals surface area contributed by atoms with E-state index in [1.165, 1.54) is 0 Å². The zero-order valence-corrected chi connectivity index (χ0v) is 12.9. The Morgan fingerprint density at radius 2 is 1.70 bits per heavy atom. The average molecular weight is 284 g/mol. The highest BCUT2D eigenvalue weighted by atomic mass is 16.2. The fraction of sp³-hybridized carbons (Fsp3) is 0.857. The van der Waals surface area contributed by atoms with E-state index in [0.717, 1.165) is 25.9 Å². The molecule has 0 aliphatic carbocycles. The van der Waals surface area contributed by atoms with Gasteiger partial charge in [0.15, 0.2) is 0 Å². The predicted octanol–water partition coefficient (Wildman–Crippen LogP) is -0.358. The number of likely N-dealkylation sites (N-methyl/N-ethyl adjacent to an activating group) is 1. The number of rotatable bonds is 6. The first kappa shape index (κ1) is 16.9. The lowest BCUT2D eigenvalue weighted by atomic mass is 9.81. The van der Waals surface area contributed by atoms with Crippen LogP contribution in [0.15, 0.2) is 0 Å². The molecular weight excluding hydrogens is 256 g/mol. The Morgan fingerprint density at radius 1 is 1.15 bits per heavy atom. The summed E-state index contributed by atoms with van der Waals surface area (Å²) < 4.78 is 0. The molecule has 6 nitrogen and oxygen atoms in total. The minimum atomic E-state index is -0.414. The second-order valence-electron chi connectivity index (χ2n) is 5.43. The van der Waals surface area contributed by atoms with Gasteiger partial charge in [0, 0.05) is 39.8 Å². The molecule has 3 N–H and O–H groups in total. The third kappa shape index (κ3) is 3.70. The van der Waals surface area contributed by atoms with E-state index < -0.39 is 5.41 Å². The smallest absolute Gasteiger partial charge is 0.233 e. The maximum Gasteiger partial charge on any atom is 0.233 e. The van der Waals surface area contributed by atoms with Crippen LogP contribution in [0.1, 0.15) is 26.7 Å². The molecule has 1 rings (SSSR count). The van der Waals surface area contributed by atoms with Crippen LogP contribution < -0.4 is 11.1 Å². The van der Waals surface area contributed by atoms with Crippen molar-refractivity contribution in [3.8, 4) is 0 Å². The number of hydrogen-bond donors (Lipinski definition) is 2. The van der Waals surface area contributed by atoms with Crippen LogP contribution in [0.5, 0.6) is 0 Å². The normalized spacial score (nSPS) is 17.1. The van der Waals surface area contributed by atoms with E-state index in [2.05, 4.69) is 10.2 Å². The molecule has 0 bridgehead atoms. The van der Waals surface area contributed by atoms with Crippen LogP contribution in [-0.2, 0) is 9.59 Å². The van der Waals surface area contributed by atoms with Crippen molar-refractivity contribution in [2.24, 2.45) is 11.1 Å². The summed E-state index contributed by atoms with van der Waals surface area (Å²) in [5.41, 5.74) is 5.42. The molecule has 0 aromatic rings. The Labute approximate surface area is 121 Å². The lowest BCUT2D eigenvalue weighted by Crippen LogP contribution is -2.55. The van der Waals surface area contributed by atoms with Gasteiger partial charge in [-0.05, 0) is 12.8 Å². The monoisotopic (exact) mass is 284 g/mol. The number of carbonyl (C=O) groups is 2. The fourth-order valence-electron chi connectivity index (χ4n) is 2.66. The molecule has 1 fully saturated rings. The molecule has 0 radical (unpaired) electrons. The Balaban J connectivity index is 2.56. The van der Waals surface area contributed by atoms with Gasteiger partial charge < -0.3 is 16.0 Å². The minimum absolute atomic E-state index is 0.0168. The van der Waals surface area contributed by atoms with E-state index in [1.807, 2.05) is 18.7 Å². The standard InChI is InChI=1S/C14H28N4O2/c1-4-14(5-2,11-15)13(20)18-8-6-17(7-9-18)10-12(19)16-3/h4-11,15H2,1-3H3,(H,16,19). The Kier molecular flexibility index (Phi) is 6.42. The molecule has 0 saturated carbocycles. The predicted molar refractivity (Wildman–Crippen MR) is 79.2 cm³/mol. The molecule has 6 heteroatoms. The largest absolute Gasteiger partial charge is 0.358 e. The zero-order valence-electron chi connectivity index (χ0n) is 12.9. The van der Waals surface area contributed by atoms with Gasteiger partial charge >= 0.3 is 0 Å². The van der Waals surface area contributed by atoms with Crippen molar-refractivity contribution < 1.29 is 9.59 Å². The molecule has 0 aromatic heterocycles. The van der Waals surface area contributed by atoms with Crippen LogP contribution in [0.2, 0.25) is 0 Å². The average Bonchev–Trinajstić information content (AvgIpc) is 2.50. The van der Waals surface area contributed by atoms with Gasteiger partial charge in [-0.25, -0.2) is 0 Å². The van der Waals surface area contributed by atoms with Crippen molar-refractivity contribution in [2.75, 3.05) is 46.3 Å². The van der Waals surface area contributed by atoms with Gasteiger partial charge in [0.05, 0.1) is 12.0 Å². The summed E-state index contributed by atoms with van der Waals surface area (Å²) in [6, 6.07) is 0. The van der Waals surface area contributed by atoms with Crippen LogP contribution in [0.25, 0.3) is 0 Å². The Hall–Kier alpha value is -1.14. The molecule has 1 saturated heterocycles. The quantitative estimate of drug-likeness (QED) is 0.698. The molecule has 0 atom stereocenters. The minimum Gasteiger partial charge on any atom is -0.358 e. The number of nitrogens with zero attached hydrogens (tertiary/aromatic N) is 2. The first-order valence-corrected chi connectivity index (χ1v) is 7.45. The van der Waals surface area contributed by atoms with E-state index in [1.54, 1.807) is 7.05 Å². The van der Waals surface area contributed by atoms with Crippen molar-refractivity contribution in [3.05, 3.63) is 0 Å². The topological polar surface area (TPSA) is 78.7 Å². The van der Waals surface area contributed by atoms with E-state index in [0.29, 0.717) is 26.2 Å². The zero-order chi connectivity index (χ0) is 15.2. The third-order valence-corrected chi connectivity index (χ3v) is 4.50. The number of nitrogens with two attached hydrogens (primary N) is 1. The van der Waals surface area contributed by atoms with E-state index >= 15 is 0 Å². The van der Waals surface area contributed by atoms with Gasteiger partial charge in [-0.3, -0.25) is 14.5 Å². The highest BCUT2D eigenvalue weighted by Crippen LogP contribution is 2.28. The SMILES string of the molecule is CCC(CC)(CN)C(=O)N1CCN(CC(=O)NC)CC1. The maximum atomic E-state index is 12.6. The molecule has 116 valence electrons. The number of carbonyl (C=O) groups excluding carboxylic acids is 2. The van der Waals surface area contributed by atoms with Crippen LogP contribution in [-0.4, -0.2) is 67.9 Å². The molecule has 1 aliphatic heterocycles. The molecule has 2 amide bonds. The summed E-state index contributed by atoms with van der Waals surface area (Å²) >= 11 is 0. The van der Waals surface area contributed by atoms with Gasteiger partial charge in [0.1, 0.15) is 0 Å². The molecule has 1 heterocycles. The second kappa shape index (κ2) is 7.59. The lowest BCUT2D eigenvalue weighted by Gasteiger charge is -2.40. The van der Waals surface area contributed by atoms with Crippen LogP contribution in [0.4, 0.5) is 0 Å². The third-order valence-electron chi connectivity index (χ3n) is 4.50. The maximum absolute atomic E-state index is 12.6. The highest BCUT2D eigenvalue weighted by Gasteiger charge is 2.37. The Bertz CT molecular complexity index is 326. The number of piperazine rings is 1. The van der Waals surface area contributed by atoms with Crippen molar-refractivity contribution in [2.45, 2.75) is 26.7 Å². The van der Waals surface area contributed by atoms with Crippen LogP contribution in [0.3, 0.4) is 0 Å². The van der Waals surface area contributed by atoms with Crippen LogP contribution in [0, 0.1) is 5.41 Å². The van der Waals surface area contributed by atoms with Gasteiger partial charge in [-0.1, -0.05) is 13.8 Å². The highest BCUT2D eigenvalue weighted by molar-refractivity contribution is 5.83. The summed E-state index contributed by atoms with van der Waals surface area (Å²) in [5.74, 6) is 0.188. The molecule has 0 aromatic carbocycles. The molecule has 0 spiro atoms. The summed E-state index contributed by atoms with van der Waals surface area (Å²) in [7, 11) is 1.64. The van der Waals surface area contributed by atoms with Crippen molar-refractivity contribution in [1.82, 2.24) is 15.1 Å². The molecular formula is C14H28N4O2. The lowest BCUT2D eigenvalue weighted by molar-refractivity contribution is -0.144. The Morgan fingerprint density at radius 3 is 2.10 bits per heavy atom. The summed E-state index contributed by atoms with van der Waals surface area (Å²) in [4.78, 5) is 28.0. The van der Waals surface area contributed by atoms with Crippen molar-refractivity contribution in [3.63, 3.8) is 0 Å². The summed E-state index contributed by atoms with van der Waals surface area (Å²) in [6.45, 7) is 7.70. The first-order valence-electron chi connectivity index (χ1n) is 7.45. The van der Waals surface area contributed by atoms with Crippen molar-refractivity contribution >= 4 is 11.8 Å². The van der Waals surface area contributed by atoms with Gasteiger partial charge in [-0.2, -0.15) is 0 Å². The summed E-state index contributed by atoms with van der Waals surface area (Å²) in [5, 5.41) is 2.62. The van der Waals surface area contributed by atoms with Gasteiger partial charge in [0.25, 0.3) is 0 Å². The van der Waals surface area contributed by atoms with Crippen LogP contribution >= 0.6 is 0 Å². The first-order chi connectivity index (χ1) is 9.52. The second-order valence-corrected chi connectivity index (χ2v) is 5.43. The van der Waals surface area contributed by atoms with Gasteiger partial charge in [0.2, 0.25) is 11.8 Å². The fourth-order valence-corrected chi connectivity index (χ4v) is 2.66. The molecule has 0 unspecified atom stereocenters. The van der Waals surface area contributed by atoms with E-state index in [-0.39, 0.29) is 11.8 Å². The number of hydrogen-bond acceptors (Lipinski definition) is 4. The number of amides is 2. The molecule has 1 aliphatic rings. The number of nitrogens with one attached hydrogen (secondary N) is 1.